The molecule has 1 aliphatic heterocycles. The van der Waals surface area contributed by atoms with Crippen molar-refractivity contribution >= 4 is 5.78 Å². The summed E-state index contributed by atoms with van der Waals surface area (Å²) in [4.78, 5) is 14.2. The first-order valence-corrected chi connectivity index (χ1v) is 6.91. The predicted molar refractivity (Wildman–Crippen MR) is 74.4 cm³/mol. The van der Waals surface area contributed by atoms with E-state index in [0.717, 1.165) is 13.1 Å². The van der Waals surface area contributed by atoms with E-state index in [1.807, 2.05) is 18.2 Å². The van der Waals surface area contributed by atoms with E-state index in [4.69, 9.17) is 5.26 Å². The van der Waals surface area contributed by atoms with Crippen LogP contribution in [0.15, 0.2) is 30.3 Å². The molecule has 3 heteroatoms. The molecule has 0 aromatic heterocycles. The van der Waals surface area contributed by atoms with Crippen molar-refractivity contribution in [3.63, 3.8) is 0 Å². The van der Waals surface area contributed by atoms with Gasteiger partial charge in [0, 0.05) is 37.9 Å². The van der Waals surface area contributed by atoms with Gasteiger partial charge in [-0.05, 0) is 18.9 Å². The van der Waals surface area contributed by atoms with E-state index < -0.39 is 0 Å². The highest BCUT2D eigenvalue weighted by Gasteiger charge is 2.29. The van der Waals surface area contributed by atoms with E-state index in [-0.39, 0.29) is 5.92 Å². The highest BCUT2D eigenvalue weighted by Crippen LogP contribution is 2.26. The minimum atomic E-state index is 0.0413. The van der Waals surface area contributed by atoms with Crippen LogP contribution in [0.2, 0.25) is 0 Å². The van der Waals surface area contributed by atoms with E-state index in [1.165, 1.54) is 5.56 Å². The Kier molecular flexibility index (Phi) is 4.70. The van der Waals surface area contributed by atoms with Gasteiger partial charge in [0.1, 0.15) is 5.78 Å². The highest BCUT2D eigenvalue weighted by molar-refractivity contribution is 5.82. The molecule has 1 heterocycles. The first kappa shape index (κ1) is 13.8. The molecule has 0 radical (unpaired) electrons. The SMILES string of the molecule is CC(c1ccccc1)N1CCC(=O)C(CCC#N)C1. The Morgan fingerprint density at radius 3 is 2.84 bits per heavy atom. The lowest BCUT2D eigenvalue weighted by Gasteiger charge is -2.36. The van der Waals surface area contributed by atoms with Crippen LogP contribution in [0, 0.1) is 17.2 Å². The summed E-state index contributed by atoms with van der Waals surface area (Å²) in [5, 5.41) is 8.66. The van der Waals surface area contributed by atoms with Crippen molar-refractivity contribution in [2.24, 2.45) is 5.92 Å². The zero-order chi connectivity index (χ0) is 13.7. The number of nitriles is 1. The Morgan fingerprint density at radius 2 is 2.16 bits per heavy atom. The van der Waals surface area contributed by atoms with Gasteiger partial charge in [-0.2, -0.15) is 5.26 Å². The number of likely N-dealkylation sites (tertiary alicyclic amines) is 1. The Bertz CT molecular complexity index is 463. The van der Waals surface area contributed by atoms with Crippen LogP contribution < -0.4 is 0 Å². The van der Waals surface area contributed by atoms with Crippen LogP contribution in [0.5, 0.6) is 0 Å². The maximum atomic E-state index is 11.9. The molecule has 2 rings (SSSR count). The number of hydrogen-bond donors (Lipinski definition) is 0. The summed E-state index contributed by atoms with van der Waals surface area (Å²) in [5.41, 5.74) is 1.29. The van der Waals surface area contributed by atoms with Crippen LogP contribution in [0.1, 0.15) is 37.8 Å². The highest BCUT2D eigenvalue weighted by atomic mass is 16.1. The average Bonchev–Trinajstić information content (AvgIpc) is 2.46. The van der Waals surface area contributed by atoms with Crippen molar-refractivity contribution in [2.45, 2.75) is 32.2 Å². The molecule has 1 aromatic carbocycles. The lowest BCUT2D eigenvalue weighted by Crippen LogP contribution is -2.42. The fourth-order valence-electron chi connectivity index (χ4n) is 2.72. The van der Waals surface area contributed by atoms with E-state index in [2.05, 4.69) is 30.0 Å². The minimum Gasteiger partial charge on any atom is -0.299 e. The summed E-state index contributed by atoms with van der Waals surface area (Å²) in [5.74, 6) is 0.367. The van der Waals surface area contributed by atoms with Crippen LogP contribution in [-0.2, 0) is 4.79 Å². The number of Topliss-reactive ketones (excluding diaryl/α,β-unsaturated/α-hetero) is 1. The van der Waals surface area contributed by atoms with E-state index >= 15 is 0 Å². The smallest absolute Gasteiger partial charge is 0.138 e. The molecular weight excluding hydrogens is 236 g/mol. The maximum absolute atomic E-state index is 11.9. The van der Waals surface area contributed by atoms with Crippen molar-refractivity contribution in [3.8, 4) is 6.07 Å². The third kappa shape index (κ3) is 3.42. The van der Waals surface area contributed by atoms with Crippen molar-refractivity contribution in [1.29, 1.82) is 5.26 Å². The van der Waals surface area contributed by atoms with Gasteiger partial charge < -0.3 is 0 Å². The van der Waals surface area contributed by atoms with Gasteiger partial charge in [-0.3, -0.25) is 9.69 Å². The summed E-state index contributed by atoms with van der Waals surface area (Å²) >= 11 is 0. The lowest BCUT2D eigenvalue weighted by atomic mass is 9.90. The van der Waals surface area contributed by atoms with Crippen LogP contribution in [0.4, 0.5) is 0 Å². The topological polar surface area (TPSA) is 44.1 Å². The van der Waals surface area contributed by atoms with E-state index in [9.17, 15) is 4.79 Å². The predicted octanol–water partition coefficient (Wildman–Crippen LogP) is 2.94. The Labute approximate surface area is 114 Å². The van der Waals surface area contributed by atoms with Crippen LogP contribution in [0.3, 0.4) is 0 Å². The second-order valence-electron chi connectivity index (χ2n) is 5.19. The van der Waals surface area contributed by atoms with E-state index in [0.29, 0.717) is 31.1 Å². The van der Waals surface area contributed by atoms with Gasteiger partial charge in [0.05, 0.1) is 6.07 Å². The maximum Gasteiger partial charge on any atom is 0.138 e. The third-order valence-corrected chi connectivity index (χ3v) is 3.99. The number of carbonyl (C=O) groups is 1. The summed E-state index contributed by atoms with van der Waals surface area (Å²) < 4.78 is 0. The fourth-order valence-corrected chi connectivity index (χ4v) is 2.72. The van der Waals surface area contributed by atoms with Gasteiger partial charge in [-0.1, -0.05) is 30.3 Å². The molecule has 2 unspecified atom stereocenters. The van der Waals surface area contributed by atoms with Gasteiger partial charge in [0.25, 0.3) is 0 Å². The molecule has 1 saturated heterocycles. The quantitative estimate of drug-likeness (QED) is 0.832. The fraction of sp³-hybridized carbons (Fsp3) is 0.500. The molecule has 1 aromatic rings. The summed E-state index contributed by atoms with van der Waals surface area (Å²) in [6.45, 7) is 3.81. The molecule has 0 saturated carbocycles. The van der Waals surface area contributed by atoms with Crippen molar-refractivity contribution in [3.05, 3.63) is 35.9 Å². The second kappa shape index (κ2) is 6.49. The van der Waals surface area contributed by atoms with Crippen molar-refractivity contribution in [1.82, 2.24) is 4.90 Å². The number of carbonyl (C=O) groups excluding carboxylic acids is 1. The Balaban J connectivity index is 2.01. The number of nitrogens with zero attached hydrogens (tertiary/aromatic N) is 2. The number of hydrogen-bond acceptors (Lipinski definition) is 3. The molecule has 2 atom stereocenters. The molecule has 19 heavy (non-hydrogen) atoms. The van der Waals surface area contributed by atoms with Gasteiger partial charge in [0.15, 0.2) is 0 Å². The Morgan fingerprint density at radius 1 is 1.42 bits per heavy atom. The third-order valence-electron chi connectivity index (χ3n) is 3.99. The summed E-state index contributed by atoms with van der Waals surface area (Å²) in [6.07, 6.45) is 1.80. The standard InChI is InChI=1S/C16H20N2O/c1-13(14-6-3-2-4-7-14)18-11-9-16(19)15(12-18)8-5-10-17/h2-4,6-7,13,15H,5,8-9,11-12H2,1H3. The second-order valence-corrected chi connectivity index (χ2v) is 5.19. The normalized spacial score (nSPS) is 21.9. The van der Waals surface area contributed by atoms with Gasteiger partial charge in [-0.15, -0.1) is 0 Å². The van der Waals surface area contributed by atoms with Crippen LogP contribution in [0.25, 0.3) is 0 Å². The van der Waals surface area contributed by atoms with Crippen molar-refractivity contribution < 1.29 is 4.79 Å². The molecule has 0 N–H and O–H groups in total. The zero-order valence-electron chi connectivity index (χ0n) is 11.4. The molecule has 0 spiro atoms. The molecular formula is C16H20N2O. The number of benzene rings is 1. The molecule has 100 valence electrons. The van der Waals surface area contributed by atoms with E-state index in [1.54, 1.807) is 0 Å². The first-order valence-electron chi connectivity index (χ1n) is 6.91. The minimum absolute atomic E-state index is 0.0413. The average molecular weight is 256 g/mol. The largest absolute Gasteiger partial charge is 0.299 e. The summed E-state index contributed by atoms with van der Waals surface area (Å²) in [6, 6.07) is 12.9. The number of rotatable bonds is 4. The number of ketones is 1. The van der Waals surface area contributed by atoms with Crippen molar-refractivity contribution in [2.75, 3.05) is 13.1 Å². The number of piperidine rings is 1. The monoisotopic (exact) mass is 256 g/mol. The lowest BCUT2D eigenvalue weighted by molar-refractivity contribution is -0.127. The van der Waals surface area contributed by atoms with Gasteiger partial charge in [0.2, 0.25) is 0 Å². The molecule has 0 amide bonds. The molecule has 3 nitrogen and oxygen atoms in total. The van der Waals surface area contributed by atoms with Crippen LogP contribution in [-0.4, -0.2) is 23.8 Å². The van der Waals surface area contributed by atoms with Gasteiger partial charge in [-0.25, -0.2) is 0 Å². The van der Waals surface area contributed by atoms with Crippen LogP contribution >= 0.6 is 0 Å². The molecule has 0 aliphatic carbocycles. The first-order chi connectivity index (χ1) is 9.22. The summed E-state index contributed by atoms with van der Waals surface area (Å²) in [7, 11) is 0. The molecule has 0 bridgehead atoms. The zero-order valence-corrected chi connectivity index (χ0v) is 11.4. The Hall–Kier alpha value is -1.66. The molecule has 1 fully saturated rings. The van der Waals surface area contributed by atoms with Gasteiger partial charge >= 0.3 is 0 Å². The molecule has 1 aliphatic rings.